The van der Waals surface area contributed by atoms with Gasteiger partial charge in [0.05, 0.1) is 7.11 Å². The molecule has 0 aliphatic rings. The van der Waals surface area contributed by atoms with Gasteiger partial charge < -0.3 is 19.7 Å². The summed E-state index contributed by atoms with van der Waals surface area (Å²) in [7, 11) is 1.44. The number of carbonyl (C=O) groups is 1. The van der Waals surface area contributed by atoms with Crippen LogP contribution in [-0.2, 0) is 9.53 Å². The number of benzene rings is 2. The van der Waals surface area contributed by atoms with Crippen molar-refractivity contribution in [2.75, 3.05) is 46.4 Å². The van der Waals surface area contributed by atoms with E-state index in [9.17, 15) is 4.79 Å². The number of allylic oxidation sites excluding steroid dienone is 1. The highest BCUT2D eigenvalue weighted by atomic mass is 16.5. The topological polar surface area (TPSA) is 50.8 Å². The molecule has 5 nitrogen and oxygen atoms in total. The molecule has 0 radical (unpaired) electrons. The molecule has 0 heterocycles. The van der Waals surface area contributed by atoms with Gasteiger partial charge in [0, 0.05) is 18.4 Å². The van der Waals surface area contributed by atoms with E-state index < -0.39 is 0 Å². The molecule has 0 unspecified atom stereocenters. The monoisotopic (exact) mass is 440 g/mol. The van der Waals surface area contributed by atoms with Gasteiger partial charge in [0.25, 0.3) is 0 Å². The molecular formula is C27H40N2O3. The molecule has 0 atom stereocenters. The molecule has 0 spiro atoms. The van der Waals surface area contributed by atoms with Crippen LogP contribution in [0.15, 0.2) is 54.1 Å². The molecule has 0 saturated heterocycles. The first-order chi connectivity index (χ1) is 15.7. The first-order valence-electron chi connectivity index (χ1n) is 12.0. The molecule has 2 aromatic carbocycles. The van der Waals surface area contributed by atoms with E-state index in [0.29, 0.717) is 13.0 Å². The second kappa shape index (κ2) is 15.4. The fourth-order valence-electron chi connectivity index (χ4n) is 3.71. The maximum absolute atomic E-state index is 11.3. The number of rotatable bonds is 16. The summed E-state index contributed by atoms with van der Waals surface area (Å²) >= 11 is 0. The summed E-state index contributed by atoms with van der Waals surface area (Å²) in [5.74, 6) is 0.782. The van der Waals surface area contributed by atoms with Crippen LogP contribution in [0.25, 0.3) is 10.8 Å². The number of nitrogens with zero attached hydrogens (tertiary/aromatic N) is 1. The minimum Gasteiger partial charge on any atom is -0.489 e. The van der Waals surface area contributed by atoms with E-state index in [2.05, 4.69) is 48.3 Å². The smallest absolute Gasteiger partial charge is 0.305 e. The van der Waals surface area contributed by atoms with Crippen LogP contribution in [0.1, 0.15) is 46.0 Å². The Kier molecular flexibility index (Phi) is 12.5. The van der Waals surface area contributed by atoms with E-state index in [1.165, 1.54) is 18.1 Å². The SMILES string of the molecule is CCN(CC)CCCNC/C(=C/CCCCC(=O)OC)COc1cccc2ccccc12. The van der Waals surface area contributed by atoms with E-state index in [-0.39, 0.29) is 5.97 Å². The molecule has 176 valence electrons. The zero-order chi connectivity index (χ0) is 23.0. The van der Waals surface area contributed by atoms with Gasteiger partial charge in [-0.3, -0.25) is 4.79 Å². The van der Waals surface area contributed by atoms with Crippen LogP contribution in [0.4, 0.5) is 0 Å². The van der Waals surface area contributed by atoms with Gasteiger partial charge in [-0.1, -0.05) is 56.3 Å². The summed E-state index contributed by atoms with van der Waals surface area (Å²) in [5.41, 5.74) is 1.25. The maximum Gasteiger partial charge on any atom is 0.305 e. The number of methoxy groups -OCH3 is 1. The Balaban J connectivity index is 1.88. The third kappa shape index (κ3) is 9.41. The average Bonchev–Trinajstić information content (AvgIpc) is 2.83. The summed E-state index contributed by atoms with van der Waals surface area (Å²) < 4.78 is 11.0. The fraction of sp³-hybridized carbons (Fsp3) is 0.519. The average molecular weight is 441 g/mol. The maximum atomic E-state index is 11.3. The van der Waals surface area contributed by atoms with Crippen molar-refractivity contribution in [3.63, 3.8) is 0 Å². The number of esters is 1. The molecular weight excluding hydrogens is 400 g/mol. The van der Waals surface area contributed by atoms with Gasteiger partial charge in [0.2, 0.25) is 0 Å². The van der Waals surface area contributed by atoms with Gasteiger partial charge in [-0.15, -0.1) is 0 Å². The fourth-order valence-corrected chi connectivity index (χ4v) is 3.71. The molecule has 1 N–H and O–H groups in total. The summed E-state index contributed by atoms with van der Waals surface area (Å²) in [4.78, 5) is 13.7. The largest absolute Gasteiger partial charge is 0.489 e. The van der Waals surface area contributed by atoms with Crippen molar-refractivity contribution in [1.82, 2.24) is 10.2 Å². The molecule has 2 rings (SSSR count). The number of fused-ring (bicyclic) bond motifs is 1. The number of hydrogen-bond acceptors (Lipinski definition) is 5. The lowest BCUT2D eigenvalue weighted by molar-refractivity contribution is -0.140. The predicted octanol–water partition coefficient (Wildman–Crippen LogP) is 5.20. The molecule has 0 amide bonds. The number of hydrogen-bond donors (Lipinski definition) is 1. The van der Waals surface area contributed by atoms with Crippen LogP contribution in [-0.4, -0.2) is 57.3 Å². The summed E-state index contributed by atoms with van der Waals surface area (Å²) in [6.07, 6.45) is 6.63. The lowest BCUT2D eigenvalue weighted by Gasteiger charge is -2.18. The summed E-state index contributed by atoms with van der Waals surface area (Å²) in [5, 5.41) is 5.91. The van der Waals surface area contributed by atoms with E-state index in [4.69, 9.17) is 9.47 Å². The Hall–Kier alpha value is -2.37. The third-order valence-corrected chi connectivity index (χ3v) is 5.73. The van der Waals surface area contributed by atoms with Crippen LogP contribution in [0.3, 0.4) is 0 Å². The van der Waals surface area contributed by atoms with E-state index >= 15 is 0 Å². The molecule has 0 aromatic heterocycles. The molecule has 0 aliphatic heterocycles. The van der Waals surface area contributed by atoms with Crippen molar-refractivity contribution in [3.05, 3.63) is 54.1 Å². The van der Waals surface area contributed by atoms with Gasteiger partial charge in [-0.05, 0) is 68.9 Å². The van der Waals surface area contributed by atoms with E-state index in [1.807, 2.05) is 24.3 Å². The van der Waals surface area contributed by atoms with Gasteiger partial charge in [-0.2, -0.15) is 0 Å². The second-order valence-corrected chi connectivity index (χ2v) is 8.01. The highest BCUT2D eigenvalue weighted by Gasteiger charge is 2.05. The minimum atomic E-state index is -0.136. The zero-order valence-corrected chi connectivity index (χ0v) is 20.1. The highest BCUT2D eigenvalue weighted by molar-refractivity contribution is 5.88. The van der Waals surface area contributed by atoms with Crippen molar-refractivity contribution < 1.29 is 14.3 Å². The van der Waals surface area contributed by atoms with Crippen LogP contribution in [0, 0.1) is 0 Å². The van der Waals surface area contributed by atoms with Gasteiger partial charge in [0.15, 0.2) is 0 Å². The van der Waals surface area contributed by atoms with Crippen molar-refractivity contribution in [2.24, 2.45) is 0 Å². The van der Waals surface area contributed by atoms with Crippen LogP contribution in [0.5, 0.6) is 5.75 Å². The number of carbonyl (C=O) groups excluding carboxylic acids is 1. The van der Waals surface area contributed by atoms with Crippen molar-refractivity contribution in [1.29, 1.82) is 0 Å². The molecule has 32 heavy (non-hydrogen) atoms. The summed E-state index contributed by atoms with van der Waals surface area (Å²) in [6.45, 7) is 10.1. The summed E-state index contributed by atoms with van der Waals surface area (Å²) in [6, 6.07) is 14.5. The Morgan fingerprint density at radius 2 is 1.81 bits per heavy atom. The van der Waals surface area contributed by atoms with Crippen LogP contribution < -0.4 is 10.1 Å². The highest BCUT2D eigenvalue weighted by Crippen LogP contribution is 2.25. The van der Waals surface area contributed by atoms with Crippen LogP contribution >= 0.6 is 0 Å². The Morgan fingerprint density at radius 3 is 2.59 bits per heavy atom. The molecule has 5 heteroatoms. The molecule has 0 aliphatic carbocycles. The van der Waals surface area contributed by atoms with Crippen molar-refractivity contribution in [2.45, 2.75) is 46.0 Å². The third-order valence-electron chi connectivity index (χ3n) is 5.73. The zero-order valence-electron chi connectivity index (χ0n) is 20.1. The lowest BCUT2D eigenvalue weighted by atomic mass is 10.1. The molecule has 2 aromatic rings. The molecule has 0 saturated carbocycles. The molecule has 0 bridgehead atoms. The van der Waals surface area contributed by atoms with Crippen molar-refractivity contribution in [3.8, 4) is 5.75 Å². The van der Waals surface area contributed by atoms with E-state index in [1.54, 1.807) is 0 Å². The standard InChI is InChI=1S/C27H40N2O3/c1-4-29(5-2)20-12-19-28-21-23(13-7-6-8-18-27(30)31-3)22-32-26-17-11-15-24-14-9-10-16-25(24)26/h9-11,13-17,28H,4-8,12,18-22H2,1-3H3/b23-13-. The predicted molar refractivity (Wildman–Crippen MR) is 133 cm³/mol. The first kappa shape index (κ1) is 25.9. The quantitative estimate of drug-likeness (QED) is 0.221. The van der Waals surface area contributed by atoms with Gasteiger partial charge in [-0.25, -0.2) is 0 Å². The Labute approximate surface area is 193 Å². The van der Waals surface area contributed by atoms with Crippen molar-refractivity contribution >= 4 is 16.7 Å². The number of unbranched alkanes of at least 4 members (excludes halogenated alkanes) is 2. The first-order valence-corrected chi connectivity index (χ1v) is 12.0. The lowest BCUT2D eigenvalue weighted by Crippen LogP contribution is -2.28. The van der Waals surface area contributed by atoms with E-state index in [0.717, 1.165) is 69.5 Å². The second-order valence-electron chi connectivity index (χ2n) is 8.01. The Bertz CT molecular complexity index is 825. The Morgan fingerprint density at radius 1 is 1.03 bits per heavy atom. The number of nitrogens with one attached hydrogen (secondary N) is 1. The minimum absolute atomic E-state index is 0.136. The van der Waals surface area contributed by atoms with Gasteiger partial charge in [0.1, 0.15) is 12.4 Å². The van der Waals surface area contributed by atoms with Gasteiger partial charge >= 0.3 is 5.97 Å². The van der Waals surface area contributed by atoms with Crippen LogP contribution in [0.2, 0.25) is 0 Å². The molecule has 0 fully saturated rings. The normalized spacial score (nSPS) is 11.8. The number of ether oxygens (including phenoxy) is 2.